The van der Waals surface area contributed by atoms with Gasteiger partial charge in [0.2, 0.25) is 0 Å². The second-order valence-corrected chi connectivity index (χ2v) is 7.93. The summed E-state index contributed by atoms with van der Waals surface area (Å²) in [7, 11) is 0. The Balaban J connectivity index is 1.56. The molecule has 0 unspecified atom stereocenters. The van der Waals surface area contributed by atoms with Crippen molar-refractivity contribution in [1.82, 2.24) is 24.4 Å². The van der Waals surface area contributed by atoms with Gasteiger partial charge < -0.3 is 4.40 Å². The smallest absolute Gasteiger partial charge is 0.137 e. The van der Waals surface area contributed by atoms with Gasteiger partial charge in [0, 0.05) is 21.8 Å². The zero-order valence-electron chi connectivity index (χ0n) is 15.8. The van der Waals surface area contributed by atoms with Crippen molar-refractivity contribution in [1.29, 1.82) is 0 Å². The highest BCUT2D eigenvalue weighted by molar-refractivity contribution is 9.10. The molecule has 0 saturated heterocycles. The van der Waals surface area contributed by atoms with E-state index in [1.54, 1.807) is 0 Å². The summed E-state index contributed by atoms with van der Waals surface area (Å²) in [5.74, 6) is 0. The molecule has 29 heavy (non-hydrogen) atoms. The van der Waals surface area contributed by atoms with Gasteiger partial charge in [-0.15, -0.1) is 5.10 Å². The average molecular weight is 444 g/mol. The Morgan fingerprint density at radius 2 is 1.66 bits per heavy atom. The number of aryl methyl sites for hydroxylation is 1. The lowest BCUT2D eigenvalue weighted by atomic mass is 10.1. The van der Waals surface area contributed by atoms with E-state index in [1.807, 2.05) is 47.4 Å². The number of hydrogen-bond acceptors (Lipinski definition) is 3. The van der Waals surface area contributed by atoms with Gasteiger partial charge in [0.05, 0.1) is 24.1 Å². The molecule has 0 aliphatic rings. The third-order valence-electron chi connectivity index (χ3n) is 4.94. The van der Waals surface area contributed by atoms with Crippen LogP contribution in [0, 0.1) is 6.92 Å². The van der Waals surface area contributed by atoms with Crippen LogP contribution in [0.5, 0.6) is 0 Å². The van der Waals surface area contributed by atoms with Crippen LogP contribution >= 0.6 is 15.9 Å². The monoisotopic (exact) mass is 443 g/mol. The zero-order chi connectivity index (χ0) is 19.8. The molecule has 0 atom stereocenters. The molecular formula is C23H18BrN5. The first-order chi connectivity index (χ1) is 14.2. The number of rotatable bonds is 4. The number of fused-ring (bicyclic) bond motifs is 1. The molecule has 3 aromatic heterocycles. The predicted molar refractivity (Wildman–Crippen MR) is 118 cm³/mol. The fourth-order valence-electron chi connectivity index (χ4n) is 3.42. The van der Waals surface area contributed by atoms with Crippen molar-refractivity contribution >= 4 is 21.6 Å². The molecule has 0 spiro atoms. The quantitative estimate of drug-likeness (QED) is 0.374. The van der Waals surface area contributed by atoms with Crippen LogP contribution < -0.4 is 0 Å². The van der Waals surface area contributed by atoms with E-state index in [1.165, 1.54) is 5.56 Å². The van der Waals surface area contributed by atoms with Crippen molar-refractivity contribution in [2.24, 2.45) is 0 Å². The Morgan fingerprint density at radius 3 is 2.45 bits per heavy atom. The molecule has 3 heterocycles. The fraction of sp³-hybridized carbons (Fsp3) is 0.0870. The molecule has 6 heteroatoms. The first kappa shape index (κ1) is 17.8. The Labute approximate surface area is 176 Å². The van der Waals surface area contributed by atoms with Crippen LogP contribution in [0.4, 0.5) is 0 Å². The largest absolute Gasteiger partial charge is 0.302 e. The Kier molecular flexibility index (Phi) is 4.48. The van der Waals surface area contributed by atoms with Crippen LogP contribution in [0.15, 0.2) is 83.6 Å². The SMILES string of the molecule is Cc1ccc(-c2cn(Cc3c(-c4ccc(Br)cc4)nc4ccccn34)nn2)cc1. The highest BCUT2D eigenvalue weighted by Crippen LogP contribution is 2.27. The number of halogens is 1. The van der Waals surface area contributed by atoms with Gasteiger partial charge in [0.15, 0.2) is 0 Å². The van der Waals surface area contributed by atoms with Crippen molar-refractivity contribution in [2.45, 2.75) is 13.5 Å². The molecule has 0 amide bonds. The number of imidazole rings is 1. The van der Waals surface area contributed by atoms with E-state index in [0.717, 1.165) is 38.3 Å². The highest BCUT2D eigenvalue weighted by atomic mass is 79.9. The highest BCUT2D eigenvalue weighted by Gasteiger charge is 2.15. The normalized spacial score (nSPS) is 11.2. The average Bonchev–Trinajstić information content (AvgIpc) is 3.35. The maximum absolute atomic E-state index is 4.87. The van der Waals surface area contributed by atoms with Crippen LogP contribution in [0.1, 0.15) is 11.3 Å². The van der Waals surface area contributed by atoms with Crippen molar-refractivity contribution in [3.63, 3.8) is 0 Å². The predicted octanol–water partition coefficient (Wildman–Crippen LogP) is 5.38. The molecule has 5 rings (SSSR count). The summed E-state index contributed by atoms with van der Waals surface area (Å²) < 4.78 is 5.03. The van der Waals surface area contributed by atoms with E-state index in [9.17, 15) is 0 Å². The van der Waals surface area contributed by atoms with Gasteiger partial charge in [0.25, 0.3) is 0 Å². The van der Waals surface area contributed by atoms with Gasteiger partial charge in [-0.25, -0.2) is 9.67 Å². The lowest BCUT2D eigenvalue weighted by Gasteiger charge is -2.05. The third-order valence-corrected chi connectivity index (χ3v) is 5.47. The standard InChI is InChI=1S/C23H18BrN5/c1-16-5-7-17(8-6-16)20-14-28(27-26-20)15-21-23(18-9-11-19(24)12-10-18)25-22-4-2-3-13-29(21)22/h2-14H,15H2,1H3. The minimum absolute atomic E-state index is 0.579. The van der Waals surface area contributed by atoms with E-state index in [4.69, 9.17) is 4.98 Å². The van der Waals surface area contributed by atoms with Crippen LogP contribution in [-0.2, 0) is 6.54 Å². The molecule has 0 saturated carbocycles. The number of aromatic nitrogens is 5. The first-order valence-corrected chi connectivity index (χ1v) is 10.2. The summed E-state index contributed by atoms with van der Waals surface area (Å²) >= 11 is 3.51. The number of nitrogens with zero attached hydrogens (tertiary/aromatic N) is 5. The second-order valence-electron chi connectivity index (χ2n) is 7.01. The topological polar surface area (TPSA) is 48.0 Å². The van der Waals surface area contributed by atoms with E-state index in [-0.39, 0.29) is 0 Å². The second kappa shape index (κ2) is 7.29. The van der Waals surface area contributed by atoms with Crippen LogP contribution in [0.3, 0.4) is 0 Å². The molecule has 5 nitrogen and oxygen atoms in total. The maximum atomic E-state index is 4.87. The van der Waals surface area contributed by atoms with Crippen LogP contribution in [0.2, 0.25) is 0 Å². The molecule has 0 fully saturated rings. The van der Waals surface area contributed by atoms with Crippen LogP contribution in [0.25, 0.3) is 28.2 Å². The summed E-state index contributed by atoms with van der Waals surface area (Å²) in [6, 6.07) is 22.6. The summed E-state index contributed by atoms with van der Waals surface area (Å²) in [5.41, 5.74) is 7.17. The maximum Gasteiger partial charge on any atom is 0.137 e. The van der Waals surface area contributed by atoms with Crippen LogP contribution in [-0.4, -0.2) is 24.4 Å². The third kappa shape index (κ3) is 3.47. The van der Waals surface area contributed by atoms with Gasteiger partial charge in [-0.3, -0.25) is 0 Å². The molecule has 5 aromatic rings. The summed E-state index contributed by atoms with van der Waals surface area (Å²) in [5, 5.41) is 8.73. The van der Waals surface area contributed by atoms with Gasteiger partial charge in [-0.05, 0) is 31.2 Å². The van der Waals surface area contributed by atoms with Gasteiger partial charge in [-0.1, -0.05) is 69.2 Å². The molecule has 0 N–H and O–H groups in total. The Hall–Kier alpha value is -3.25. The lowest BCUT2D eigenvalue weighted by molar-refractivity contribution is 0.636. The molecule has 2 aromatic carbocycles. The van der Waals surface area contributed by atoms with Gasteiger partial charge >= 0.3 is 0 Å². The summed E-state index contributed by atoms with van der Waals surface area (Å²) in [4.78, 5) is 4.87. The van der Waals surface area contributed by atoms with Crippen molar-refractivity contribution in [2.75, 3.05) is 0 Å². The van der Waals surface area contributed by atoms with Crippen molar-refractivity contribution < 1.29 is 0 Å². The van der Waals surface area contributed by atoms with Crippen molar-refractivity contribution in [3.05, 3.63) is 94.9 Å². The number of hydrogen-bond donors (Lipinski definition) is 0. The number of pyridine rings is 1. The van der Waals surface area contributed by atoms with E-state index in [2.05, 4.69) is 74.0 Å². The molecule has 0 aliphatic heterocycles. The van der Waals surface area contributed by atoms with E-state index < -0.39 is 0 Å². The van der Waals surface area contributed by atoms with E-state index in [0.29, 0.717) is 6.54 Å². The molecule has 0 radical (unpaired) electrons. The Bertz CT molecular complexity index is 1280. The molecule has 142 valence electrons. The fourth-order valence-corrected chi connectivity index (χ4v) is 3.69. The summed E-state index contributed by atoms with van der Waals surface area (Å²) in [6.45, 7) is 2.66. The van der Waals surface area contributed by atoms with Gasteiger partial charge in [-0.2, -0.15) is 0 Å². The zero-order valence-corrected chi connectivity index (χ0v) is 17.4. The molecule has 0 bridgehead atoms. The minimum atomic E-state index is 0.579. The molecular weight excluding hydrogens is 426 g/mol. The Morgan fingerprint density at radius 1 is 0.897 bits per heavy atom. The van der Waals surface area contributed by atoms with E-state index >= 15 is 0 Å². The van der Waals surface area contributed by atoms with Gasteiger partial charge in [0.1, 0.15) is 11.3 Å². The lowest BCUT2D eigenvalue weighted by Crippen LogP contribution is -2.05. The first-order valence-electron chi connectivity index (χ1n) is 9.36. The minimum Gasteiger partial charge on any atom is -0.302 e. The molecule has 0 aliphatic carbocycles. The number of benzene rings is 2. The summed E-state index contributed by atoms with van der Waals surface area (Å²) in [6.07, 6.45) is 4.02. The van der Waals surface area contributed by atoms with Crippen molar-refractivity contribution in [3.8, 4) is 22.5 Å².